The van der Waals surface area contributed by atoms with Crippen LogP contribution in [0.25, 0.3) is 0 Å². The van der Waals surface area contributed by atoms with Gasteiger partial charge in [0.2, 0.25) is 5.79 Å². The number of benzene rings is 1. The summed E-state index contributed by atoms with van der Waals surface area (Å²) in [6.45, 7) is 3.13. The molecule has 134 valence electrons. The molecule has 5 nitrogen and oxygen atoms in total. The molecule has 1 heterocycles. The summed E-state index contributed by atoms with van der Waals surface area (Å²) >= 11 is 6.06. The fourth-order valence-corrected chi connectivity index (χ4v) is 2.58. The largest absolute Gasteiger partial charge is 0.510 e. The molecule has 1 unspecified atom stereocenters. The molecular weight excluding hydrogens is 332 g/mol. The van der Waals surface area contributed by atoms with Gasteiger partial charge in [-0.05, 0) is 37.5 Å². The van der Waals surface area contributed by atoms with Crippen molar-refractivity contribution in [2.24, 2.45) is 0 Å². The third-order valence-electron chi connectivity index (χ3n) is 4.02. The van der Waals surface area contributed by atoms with Gasteiger partial charge in [-0.1, -0.05) is 36.9 Å². The van der Waals surface area contributed by atoms with Crippen molar-refractivity contribution in [1.82, 2.24) is 0 Å². The Balaban J connectivity index is 1.48. The van der Waals surface area contributed by atoms with Crippen LogP contribution in [0.1, 0.15) is 44.1 Å². The number of epoxide rings is 1. The van der Waals surface area contributed by atoms with Crippen molar-refractivity contribution in [3.05, 3.63) is 28.8 Å². The van der Waals surface area contributed by atoms with Crippen LogP contribution in [0, 0.1) is 6.92 Å². The lowest BCUT2D eigenvalue weighted by atomic mass is 10.1. The highest BCUT2D eigenvalue weighted by atomic mass is 35.5. The first-order valence-corrected chi connectivity index (χ1v) is 8.72. The maximum atomic E-state index is 11.1. The maximum Gasteiger partial charge on any atom is 0.510 e. The Hall–Kier alpha value is -1.46. The summed E-state index contributed by atoms with van der Waals surface area (Å²) in [6.07, 6.45) is 5.31. The van der Waals surface area contributed by atoms with Crippen molar-refractivity contribution in [2.75, 3.05) is 20.3 Å². The summed E-state index contributed by atoms with van der Waals surface area (Å²) in [5.41, 5.74) is 1.05. The molecule has 0 spiro atoms. The molecule has 1 aliphatic heterocycles. The quantitative estimate of drug-likeness (QED) is 0.340. The van der Waals surface area contributed by atoms with E-state index in [-0.39, 0.29) is 0 Å². The van der Waals surface area contributed by atoms with Crippen LogP contribution in [0.3, 0.4) is 0 Å². The first kappa shape index (κ1) is 18.9. The van der Waals surface area contributed by atoms with Crippen molar-refractivity contribution in [1.29, 1.82) is 0 Å². The van der Waals surface area contributed by atoms with Crippen molar-refractivity contribution >= 4 is 17.8 Å². The smallest absolute Gasteiger partial charge is 0.494 e. The zero-order chi connectivity index (χ0) is 17.4. The first-order valence-electron chi connectivity index (χ1n) is 8.34. The molecule has 24 heavy (non-hydrogen) atoms. The lowest BCUT2D eigenvalue weighted by Crippen LogP contribution is -2.21. The molecule has 1 saturated heterocycles. The third kappa shape index (κ3) is 6.21. The van der Waals surface area contributed by atoms with E-state index in [0.29, 0.717) is 13.2 Å². The minimum Gasteiger partial charge on any atom is -0.494 e. The summed E-state index contributed by atoms with van der Waals surface area (Å²) in [6, 6.07) is 5.76. The fraction of sp³-hybridized carbons (Fsp3) is 0.611. The molecule has 0 aliphatic carbocycles. The number of carbonyl (C=O) groups excluding carboxylic acids is 1. The summed E-state index contributed by atoms with van der Waals surface area (Å²) in [5.74, 6) is 0.0966. The van der Waals surface area contributed by atoms with Gasteiger partial charge in [-0.3, -0.25) is 0 Å². The number of rotatable bonds is 10. The topological polar surface area (TPSA) is 57.3 Å². The van der Waals surface area contributed by atoms with E-state index in [1.54, 1.807) is 0 Å². The van der Waals surface area contributed by atoms with Gasteiger partial charge >= 0.3 is 6.16 Å². The Bertz CT molecular complexity index is 542. The number of halogens is 1. The van der Waals surface area contributed by atoms with Gasteiger partial charge in [0.15, 0.2) is 0 Å². The Kier molecular flexibility index (Phi) is 7.18. The van der Waals surface area contributed by atoms with Gasteiger partial charge in [-0.15, -0.1) is 0 Å². The molecule has 0 saturated carbocycles. The first-order chi connectivity index (χ1) is 11.5. The highest BCUT2D eigenvalue weighted by molar-refractivity contribution is 6.31. The van der Waals surface area contributed by atoms with Crippen molar-refractivity contribution in [3.63, 3.8) is 0 Å². The molecule has 1 aliphatic rings. The monoisotopic (exact) mass is 356 g/mol. The SMILES string of the molecule is COC(=O)OC1(CCCCCCCOc2ccc(C)c(Cl)c2)CO1. The van der Waals surface area contributed by atoms with Gasteiger partial charge in [0.1, 0.15) is 12.4 Å². The predicted molar refractivity (Wildman–Crippen MR) is 91.6 cm³/mol. The second-order valence-electron chi connectivity index (χ2n) is 6.03. The molecule has 1 atom stereocenters. The molecule has 2 rings (SSSR count). The highest BCUT2D eigenvalue weighted by Gasteiger charge is 2.49. The number of unbranched alkanes of at least 4 members (excludes halogenated alkanes) is 4. The number of methoxy groups -OCH3 is 1. The van der Waals surface area contributed by atoms with Gasteiger partial charge < -0.3 is 18.9 Å². The highest BCUT2D eigenvalue weighted by Crippen LogP contribution is 2.34. The zero-order valence-electron chi connectivity index (χ0n) is 14.3. The molecule has 1 aromatic rings. The van der Waals surface area contributed by atoms with E-state index in [4.69, 9.17) is 25.8 Å². The van der Waals surface area contributed by atoms with Crippen LogP contribution in [0.2, 0.25) is 5.02 Å². The normalized spacial score (nSPS) is 19.0. The van der Waals surface area contributed by atoms with E-state index in [1.165, 1.54) is 7.11 Å². The van der Waals surface area contributed by atoms with E-state index < -0.39 is 11.9 Å². The predicted octanol–water partition coefficient (Wildman–Crippen LogP) is 4.88. The Morgan fingerprint density at radius 2 is 1.96 bits per heavy atom. The van der Waals surface area contributed by atoms with E-state index in [2.05, 4.69) is 4.74 Å². The van der Waals surface area contributed by atoms with Gasteiger partial charge in [0.25, 0.3) is 0 Å². The van der Waals surface area contributed by atoms with Crippen LogP contribution in [-0.4, -0.2) is 32.3 Å². The molecule has 0 amide bonds. The molecule has 0 radical (unpaired) electrons. The van der Waals surface area contributed by atoms with Crippen LogP contribution in [0.15, 0.2) is 18.2 Å². The minimum atomic E-state index is -0.721. The molecule has 0 N–H and O–H groups in total. The van der Waals surface area contributed by atoms with E-state index in [0.717, 1.165) is 54.9 Å². The summed E-state index contributed by atoms with van der Waals surface area (Å²) in [4.78, 5) is 11.1. The second kappa shape index (κ2) is 9.14. The van der Waals surface area contributed by atoms with E-state index in [9.17, 15) is 4.79 Å². The number of carbonyl (C=O) groups is 1. The van der Waals surface area contributed by atoms with Crippen LogP contribution < -0.4 is 4.74 Å². The van der Waals surface area contributed by atoms with Gasteiger partial charge in [0.05, 0.1) is 13.7 Å². The van der Waals surface area contributed by atoms with Crippen LogP contribution >= 0.6 is 11.6 Å². The summed E-state index contributed by atoms with van der Waals surface area (Å²) in [5, 5.41) is 0.734. The zero-order valence-corrected chi connectivity index (χ0v) is 15.1. The molecule has 0 aromatic heterocycles. The standard InChI is InChI=1S/C18H25ClO5/c1-14-8-9-15(12-16(14)19)22-11-7-5-3-4-6-10-18(13-23-18)24-17(20)21-2/h8-9,12H,3-7,10-11,13H2,1-2H3. The number of ether oxygens (including phenoxy) is 4. The fourth-order valence-electron chi connectivity index (χ4n) is 2.41. The number of hydrogen-bond donors (Lipinski definition) is 0. The van der Waals surface area contributed by atoms with Crippen LogP contribution in [0.4, 0.5) is 4.79 Å². The molecule has 1 aromatic carbocycles. The average Bonchev–Trinajstić information content (AvgIpc) is 3.32. The van der Waals surface area contributed by atoms with E-state index >= 15 is 0 Å². The lowest BCUT2D eigenvalue weighted by Gasteiger charge is -2.11. The van der Waals surface area contributed by atoms with Crippen LogP contribution in [0.5, 0.6) is 5.75 Å². The number of aryl methyl sites for hydroxylation is 1. The van der Waals surface area contributed by atoms with Gasteiger partial charge in [-0.2, -0.15) is 0 Å². The average molecular weight is 357 g/mol. The van der Waals surface area contributed by atoms with Crippen molar-refractivity contribution in [3.8, 4) is 5.75 Å². The molecule has 1 fully saturated rings. The number of hydrogen-bond acceptors (Lipinski definition) is 5. The van der Waals surface area contributed by atoms with Crippen molar-refractivity contribution < 1.29 is 23.7 Å². The Labute approximate surface area is 148 Å². The van der Waals surface area contributed by atoms with E-state index in [1.807, 2.05) is 25.1 Å². The Morgan fingerprint density at radius 1 is 1.25 bits per heavy atom. The molecule has 0 bridgehead atoms. The Morgan fingerprint density at radius 3 is 2.62 bits per heavy atom. The summed E-state index contributed by atoms with van der Waals surface area (Å²) < 4.78 is 20.5. The lowest BCUT2D eigenvalue weighted by molar-refractivity contribution is -0.0324. The van der Waals surface area contributed by atoms with Crippen molar-refractivity contribution in [2.45, 2.75) is 51.2 Å². The molecule has 6 heteroatoms. The van der Waals surface area contributed by atoms with Gasteiger partial charge in [-0.25, -0.2) is 4.79 Å². The summed E-state index contributed by atoms with van der Waals surface area (Å²) in [7, 11) is 1.30. The maximum absolute atomic E-state index is 11.1. The molecular formula is C18H25ClO5. The third-order valence-corrected chi connectivity index (χ3v) is 4.42. The minimum absolute atomic E-state index is 0.467. The second-order valence-corrected chi connectivity index (χ2v) is 6.44. The van der Waals surface area contributed by atoms with Gasteiger partial charge in [0, 0.05) is 11.4 Å². The van der Waals surface area contributed by atoms with Crippen LogP contribution in [-0.2, 0) is 14.2 Å².